The van der Waals surface area contributed by atoms with Crippen LogP contribution in [-0.2, 0) is 11.3 Å². The van der Waals surface area contributed by atoms with Crippen molar-refractivity contribution in [3.05, 3.63) is 57.9 Å². The average molecular weight is 426 g/mol. The van der Waals surface area contributed by atoms with E-state index in [1.165, 1.54) is 16.0 Å². The van der Waals surface area contributed by atoms with Crippen molar-refractivity contribution in [2.24, 2.45) is 0 Å². The number of hydrogen-bond donors (Lipinski definition) is 0. The molecule has 1 aliphatic heterocycles. The summed E-state index contributed by atoms with van der Waals surface area (Å²) in [6, 6.07) is 11.2. The van der Waals surface area contributed by atoms with Crippen molar-refractivity contribution in [3.63, 3.8) is 0 Å². The second-order valence-electron chi connectivity index (χ2n) is 7.09. The van der Waals surface area contributed by atoms with Crippen molar-refractivity contribution >= 4 is 28.7 Å². The number of piperazine rings is 1. The summed E-state index contributed by atoms with van der Waals surface area (Å²) in [5.41, 5.74) is 1.74. The number of carbonyl (C=O) groups excluding carboxylic acids is 2. The third kappa shape index (κ3) is 4.35. The maximum atomic E-state index is 12.6. The molecule has 0 aliphatic carbocycles. The molecular formula is C21H22N4O4S. The van der Waals surface area contributed by atoms with Gasteiger partial charge in [-0.1, -0.05) is 6.07 Å². The quantitative estimate of drug-likeness (QED) is 0.563. The van der Waals surface area contributed by atoms with Crippen molar-refractivity contribution < 1.29 is 14.0 Å². The van der Waals surface area contributed by atoms with E-state index in [0.29, 0.717) is 18.7 Å². The third-order valence-corrected chi connectivity index (χ3v) is 6.00. The Morgan fingerprint density at radius 2 is 1.83 bits per heavy atom. The molecule has 0 spiro atoms. The number of aromatic nitrogens is 2. The van der Waals surface area contributed by atoms with Crippen LogP contribution in [0.4, 0.5) is 5.69 Å². The van der Waals surface area contributed by atoms with Crippen molar-refractivity contribution in [3.8, 4) is 10.8 Å². The van der Waals surface area contributed by atoms with Crippen LogP contribution in [0.3, 0.4) is 0 Å². The van der Waals surface area contributed by atoms with Gasteiger partial charge in [-0.15, -0.1) is 16.4 Å². The molecule has 3 heterocycles. The molecular weight excluding hydrogens is 404 g/mol. The van der Waals surface area contributed by atoms with Crippen LogP contribution in [0.2, 0.25) is 0 Å². The first-order valence-electron chi connectivity index (χ1n) is 9.77. The molecule has 0 bridgehead atoms. The summed E-state index contributed by atoms with van der Waals surface area (Å²) in [5.74, 6) is -0.225. The summed E-state index contributed by atoms with van der Waals surface area (Å²) in [5, 5.41) is 6.07. The molecule has 4 rings (SSSR count). The monoisotopic (exact) mass is 426 g/mol. The summed E-state index contributed by atoms with van der Waals surface area (Å²) in [7, 11) is 0. The van der Waals surface area contributed by atoms with Gasteiger partial charge in [0.25, 0.3) is 5.89 Å². The number of amides is 1. The number of hydrogen-bond acceptors (Lipinski definition) is 7. The molecule has 1 saturated heterocycles. The van der Waals surface area contributed by atoms with Gasteiger partial charge in [-0.25, -0.2) is 4.79 Å². The fraction of sp³-hybridized carbons (Fsp3) is 0.333. The normalized spacial score (nSPS) is 14.2. The highest BCUT2D eigenvalue weighted by Gasteiger charge is 2.22. The van der Waals surface area contributed by atoms with E-state index in [2.05, 4.69) is 10.00 Å². The van der Waals surface area contributed by atoms with Gasteiger partial charge in [0.1, 0.15) is 0 Å². The van der Waals surface area contributed by atoms with Gasteiger partial charge >= 0.3 is 5.76 Å². The third-order valence-electron chi connectivity index (χ3n) is 5.15. The van der Waals surface area contributed by atoms with Crippen molar-refractivity contribution in [1.29, 1.82) is 0 Å². The molecule has 0 saturated carbocycles. The predicted octanol–water partition coefficient (Wildman–Crippen LogP) is 2.51. The molecule has 0 radical (unpaired) electrons. The van der Waals surface area contributed by atoms with Gasteiger partial charge in [0, 0.05) is 43.9 Å². The fourth-order valence-electron chi connectivity index (χ4n) is 3.43. The van der Waals surface area contributed by atoms with Gasteiger partial charge in [-0.2, -0.15) is 4.68 Å². The molecule has 0 unspecified atom stereocenters. The fourth-order valence-corrected chi connectivity index (χ4v) is 4.07. The minimum Gasteiger partial charge on any atom is -0.387 e. The van der Waals surface area contributed by atoms with E-state index in [9.17, 15) is 14.4 Å². The minimum atomic E-state index is -0.551. The molecule has 30 heavy (non-hydrogen) atoms. The maximum absolute atomic E-state index is 12.6. The Kier molecular flexibility index (Phi) is 5.80. The van der Waals surface area contributed by atoms with Crippen molar-refractivity contribution in [2.75, 3.05) is 31.1 Å². The standard InChI is InChI=1S/C21H22N4O4S/c1-15(26)16-4-6-17(7-5-16)23-10-12-24(13-11-23)19(27)8-9-25-21(28)29-20(22-25)18-3-2-14-30-18/h2-7,14H,8-13H2,1H3. The first kappa shape index (κ1) is 20.1. The molecule has 9 heteroatoms. The number of nitrogens with zero attached hydrogens (tertiary/aromatic N) is 4. The molecule has 3 aromatic rings. The predicted molar refractivity (Wildman–Crippen MR) is 114 cm³/mol. The van der Waals surface area contributed by atoms with Gasteiger partial charge in [0.2, 0.25) is 5.91 Å². The lowest BCUT2D eigenvalue weighted by molar-refractivity contribution is -0.131. The van der Waals surface area contributed by atoms with Crippen molar-refractivity contribution in [1.82, 2.24) is 14.7 Å². The summed E-state index contributed by atoms with van der Waals surface area (Å²) in [6.45, 7) is 4.41. The number of carbonyl (C=O) groups is 2. The summed E-state index contributed by atoms with van der Waals surface area (Å²) in [6.07, 6.45) is 0.198. The van der Waals surface area contributed by atoms with E-state index in [0.717, 1.165) is 23.7 Å². The lowest BCUT2D eigenvalue weighted by atomic mass is 10.1. The Hall–Kier alpha value is -3.20. The molecule has 2 aromatic heterocycles. The Bertz CT molecular complexity index is 1080. The van der Waals surface area contributed by atoms with Crippen molar-refractivity contribution in [2.45, 2.75) is 19.9 Å². The Labute approximate surface area is 177 Å². The molecule has 0 N–H and O–H groups in total. The maximum Gasteiger partial charge on any atom is 0.437 e. The van der Waals surface area contributed by atoms with Gasteiger partial charge in [0.05, 0.1) is 11.4 Å². The molecule has 0 atom stereocenters. The van der Waals surface area contributed by atoms with Gasteiger partial charge in [-0.05, 0) is 42.6 Å². The highest BCUT2D eigenvalue weighted by molar-refractivity contribution is 7.13. The van der Waals surface area contributed by atoms with E-state index in [1.54, 1.807) is 6.92 Å². The van der Waals surface area contributed by atoms with Crippen LogP contribution in [0, 0.1) is 0 Å². The Morgan fingerprint density at radius 1 is 1.10 bits per heavy atom. The van der Waals surface area contributed by atoms with Crippen LogP contribution in [0.15, 0.2) is 51.0 Å². The van der Waals surface area contributed by atoms with Gasteiger partial charge in [0.15, 0.2) is 5.78 Å². The first-order valence-corrected chi connectivity index (χ1v) is 10.6. The number of Topliss-reactive ketones (excluding diaryl/α,β-unsaturated/α-hetero) is 1. The number of thiophene rings is 1. The minimum absolute atomic E-state index is 0.00542. The summed E-state index contributed by atoms with van der Waals surface area (Å²) < 4.78 is 6.39. The number of anilines is 1. The smallest absolute Gasteiger partial charge is 0.387 e. The Morgan fingerprint density at radius 3 is 2.47 bits per heavy atom. The van der Waals surface area contributed by atoms with E-state index >= 15 is 0 Å². The number of benzene rings is 1. The van der Waals surface area contributed by atoms with Gasteiger partial charge in [-0.3, -0.25) is 9.59 Å². The molecule has 1 fully saturated rings. The Balaban J connectivity index is 1.29. The van der Waals surface area contributed by atoms with Gasteiger partial charge < -0.3 is 14.2 Å². The zero-order valence-corrected chi connectivity index (χ0v) is 17.4. The van der Waals surface area contributed by atoms with Crippen LogP contribution in [0.25, 0.3) is 10.8 Å². The van der Waals surface area contributed by atoms with E-state index < -0.39 is 5.76 Å². The van der Waals surface area contributed by atoms with Crippen LogP contribution >= 0.6 is 11.3 Å². The summed E-state index contributed by atoms with van der Waals surface area (Å²) >= 11 is 1.44. The zero-order chi connectivity index (χ0) is 21.1. The van der Waals surface area contributed by atoms with E-state index in [-0.39, 0.29) is 30.5 Å². The van der Waals surface area contributed by atoms with Crippen LogP contribution in [0.5, 0.6) is 0 Å². The molecule has 1 aromatic carbocycles. The topological polar surface area (TPSA) is 88.7 Å². The first-order chi connectivity index (χ1) is 14.5. The second kappa shape index (κ2) is 8.66. The molecule has 156 valence electrons. The molecule has 8 nitrogen and oxygen atoms in total. The lowest BCUT2D eigenvalue weighted by Crippen LogP contribution is -2.49. The van der Waals surface area contributed by atoms with Crippen LogP contribution < -0.4 is 10.7 Å². The second-order valence-corrected chi connectivity index (χ2v) is 8.04. The van der Waals surface area contributed by atoms with E-state index in [4.69, 9.17) is 4.42 Å². The average Bonchev–Trinajstić information content (AvgIpc) is 3.42. The summed E-state index contributed by atoms with van der Waals surface area (Å²) in [4.78, 5) is 40.8. The largest absolute Gasteiger partial charge is 0.437 e. The number of aryl methyl sites for hydroxylation is 1. The molecule has 1 aliphatic rings. The SMILES string of the molecule is CC(=O)c1ccc(N2CCN(C(=O)CCn3nc(-c4cccs4)oc3=O)CC2)cc1. The lowest BCUT2D eigenvalue weighted by Gasteiger charge is -2.36. The highest BCUT2D eigenvalue weighted by Crippen LogP contribution is 2.21. The zero-order valence-electron chi connectivity index (χ0n) is 16.6. The number of rotatable bonds is 6. The van der Waals surface area contributed by atoms with Crippen LogP contribution in [0.1, 0.15) is 23.7 Å². The number of ketones is 1. The highest BCUT2D eigenvalue weighted by atomic mass is 32.1. The molecule has 1 amide bonds. The van der Waals surface area contributed by atoms with Crippen LogP contribution in [-0.4, -0.2) is 52.5 Å². The van der Waals surface area contributed by atoms with E-state index in [1.807, 2.05) is 46.7 Å².